The minimum atomic E-state index is 1.18. The van der Waals surface area contributed by atoms with Gasteiger partial charge in [0, 0.05) is 29.0 Å². The molecule has 1 nitrogen and oxygen atoms in total. The van der Waals surface area contributed by atoms with Crippen LogP contribution in [0.25, 0.3) is 0 Å². The highest BCUT2D eigenvalue weighted by Crippen LogP contribution is 2.26. The fourth-order valence-electron chi connectivity index (χ4n) is 1.70. The highest BCUT2D eigenvalue weighted by molar-refractivity contribution is 7.10. The minimum absolute atomic E-state index is 1.18. The normalized spacial score (nSPS) is 17.2. The summed E-state index contributed by atoms with van der Waals surface area (Å²) >= 11 is 1.89. The van der Waals surface area contributed by atoms with Gasteiger partial charge in [0.05, 0.1) is 0 Å². The topological polar surface area (TPSA) is 3.24 Å². The Morgan fingerprint density at radius 1 is 1.42 bits per heavy atom. The third-order valence-corrected chi connectivity index (χ3v) is 3.53. The van der Waals surface area contributed by atoms with Crippen molar-refractivity contribution in [2.75, 3.05) is 18.0 Å². The maximum absolute atomic E-state index is 2.50. The van der Waals surface area contributed by atoms with Crippen LogP contribution in [-0.2, 0) is 6.42 Å². The molecule has 1 fully saturated rings. The predicted octanol–water partition coefficient (Wildman–Crippen LogP) is 2.91. The molecule has 0 aromatic carbocycles. The van der Waals surface area contributed by atoms with E-state index in [4.69, 9.17) is 0 Å². The largest absolute Gasteiger partial charge is 0.371 e. The molecular formula is C10H15NS. The van der Waals surface area contributed by atoms with Crippen LogP contribution in [0.15, 0.2) is 11.4 Å². The number of hydrogen-bond acceptors (Lipinski definition) is 2. The van der Waals surface area contributed by atoms with Gasteiger partial charge in [-0.15, -0.1) is 11.3 Å². The molecule has 0 unspecified atom stereocenters. The molecule has 0 amide bonds. The average molecular weight is 181 g/mol. The molecule has 66 valence electrons. The monoisotopic (exact) mass is 181 g/mol. The molecule has 0 radical (unpaired) electrons. The summed E-state index contributed by atoms with van der Waals surface area (Å²) in [4.78, 5) is 4.01. The van der Waals surface area contributed by atoms with Crippen LogP contribution in [0, 0.1) is 0 Å². The predicted molar refractivity (Wildman–Crippen MR) is 55.1 cm³/mol. The Morgan fingerprint density at radius 3 is 2.75 bits per heavy atom. The third kappa shape index (κ3) is 1.48. The van der Waals surface area contributed by atoms with Gasteiger partial charge >= 0.3 is 0 Å². The molecule has 2 heteroatoms. The van der Waals surface area contributed by atoms with Gasteiger partial charge in [-0.3, -0.25) is 0 Å². The zero-order valence-electron chi connectivity index (χ0n) is 7.55. The number of hydrogen-bond donors (Lipinski definition) is 0. The van der Waals surface area contributed by atoms with Crippen LogP contribution in [0.2, 0.25) is 0 Å². The summed E-state index contributed by atoms with van der Waals surface area (Å²) in [6, 6.07) is 2.34. The SMILES string of the molecule is CCc1cc(N2CCCC2)cs1. The summed E-state index contributed by atoms with van der Waals surface area (Å²) in [5, 5.41) is 2.30. The molecule has 0 atom stereocenters. The standard InChI is InChI=1S/C10H15NS/c1-2-10-7-9(8-12-10)11-5-3-4-6-11/h7-8H,2-6H2,1H3. The van der Waals surface area contributed by atoms with Crippen LogP contribution < -0.4 is 4.90 Å². The van der Waals surface area contributed by atoms with Gasteiger partial charge in [0.15, 0.2) is 0 Å². The average Bonchev–Trinajstić information content (AvgIpc) is 2.75. The highest BCUT2D eigenvalue weighted by Gasteiger charge is 2.12. The van der Waals surface area contributed by atoms with Gasteiger partial charge in [0.25, 0.3) is 0 Å². The molecule has 0 saturated carbocycles. The van der Waals surface area contributed by atoms with Crippen molar-refractivity contribution < 1.29 is 0 Å². The zero-order valence-corrected chi connectivity index (χ0v) is 8.36. The van der Waals surface area contributed by atoms with Gasteiger partial charge < -0.3 is 4.90 Å². The Hall–Kier alpha value is -0.500. The summed E-state index contributed by atoms with van der Waals surface area (Å²) in [7, 11) is 0. The van der Waals surface area contributed by atoms with Crippen molar-refractivity contribution in [2.45, 2.75) is 26.2 Å². The summed E-state index contributed by atoms with van der Waals surface area (Å²) in [6.07, 6.45) is 3.92. The van der Waals surface area contributed by atoms with Gasteiger partial charge in [-0.25, -0.2) is 0 Å². The molecule has 0 bridgehead atoms. The third-order valence-electron chi connectivity index (χ3n) is 2.46. The van der Waals surface area contributed by atoms with Crippen LogP contribution in [0.3, 0.4) is 0 Å². The van der Waals surface area contributed by atoms with Crippen LogP contribution in [-0.4, -0.2) is 13.1 Å². The van der Waals surface area contributed by atoms with Crippen LogP contribution in [0.1, 0.15) is 24.6 Å². The second-order valence-corrected chi connectivity index (χ2v) is 4.31. The van der Waals surface area contributed by atoms with Gasteiger partial charge in [0.2, 0.25) is 0 Å². The molecule has 2 heterocycles. The Labute approximate surface area is 78.0 Å². The quantitative estimate of drug-likeness (QED) is 0.678. The second-order valence-electron chi connectivity index (χ2n) is 3.32. The number of anilines is 1. The first-order valence-electron chi connectivity index (χ1n) is 4.72. The molecule has 1 aromatic rings. The first-order chi connectivity index (χ1) is 5.90. The lowest BCUT2D eigenvalue weighted by molar-refractivity contribution is 0.949. The summed E-state index contributed by atoms with van der Waals surface area (Å²) in [6.45, 7) is 4.75. The lowest BCUT2D eigenvalue weighted by Gasteiger charge is -2.14. The first kappa shape index (κ1) is 8.11. The van der Waals surface area contributed by atoms with E-state index in [0.29, 0.717) is 0 Å². The Kier molecular flexibility index (Phi) is 2.35. The Morgan fingerprint density at radius 2 is 2.17 bits per heavy atom. The summed E-state index contributed by atoms with van der Waals surface area (Å²) in [5.41, 5.74) is 1.45. The molecule has 1 aliphatic rings. The fraction of sp³-hybridized carbons (Fsp3) is 0.600. The van der Waals surface area contributed by atoms with Crippen LogP contribution in [0.4, 0.5) is 5.69 Å². The molecule has 2 rings (SSSR count). The molecule has 1 aliphatic heterocycles. The van der Waals surface area contributed by atoms with Crippen molar-refractivity contribution in [1.82, 2.24) is 0 Å². The zero-order chi connectivity index (χ0) is 8.39. The summed E-state index contributed by atoms with van der Waals surface area (Å²) in [5.74, 6) is 0. The van der Waals surface area contributed by atoms with E-state index in [2.05, 4.69) is 23.3 Å². The molecule has 1 aromatic heterocycles. The molecule has 0 N–H and O–H groups in total. The number of rotatable bonds is 2. The molecule has 0 aliphatic carbocycles. The number of nitrogens with zero attached hydrogens (tertiary/aromatic N) is 1. The van der Waals surface area contributed by atoms with E-state index in [9.17, 15) is 0 Å². The van der Waals surface area contributed by atoms with E-state index in [1.54, 1.807) is 0 Å². The molecular weight excluding hydrogens is 166 g/mol. The molecule has 12 heavy (non-hydrogen) atoms. The van der Waals surface area contributed by atoms with E-state index in [-0.39, 0.29) is 0 Å². The number of aryl methyl sites for hydroxylation is 1. The van der Waals surface area contributed by atoms with Crippen LogP contribution in [0.5, 0.6) is 0 Å². The first-order valence-corrected chi connectivity index (χ1v) is 5.60. The fourth-order valence-corrected chi connectivity index (χ4v) is 2.54. The second kappa shape index (κ2) is 3.48. The maximum atomic E-state index is 2.50. The van der Waals surface area contributed by atoms with E-state index >= 15 is 0 Å². The lowest BCUT2D eigenvalue weighted by Crippen LogP contribution is -2.16. The van der Waals surface area contributed by atoms with Gasteiger partial charge in [-0.05, 0) is 25.3 Å². The molecule has 0 spiro atoms. The van der Waals surface area contributed by atoms with Crippen molar-refractivity contribution in [3.63, 3.8) is 0 Å². The smallest absolute Gasteiger partial charge is 0.0477 e. The van der Waals surface area contributed by atoms with E-state index < -0.39 is 0 Å². The Balaban J connectivity index is 2.11. The molecule has 1 saturated heterocycles. The van der Waals surface area contributed by atoms with Crippen molar-refractivity contribution in [3.8, 4) is 0 Å². The Bertz CT molecular complexity index is 248. The summed E-state index contributed by atoms with van der Waals surface area (Å²) < 4.78 is 0. The van der Waals surface area contributed by atoms with E-state index in [1.807, 2.05) is 11.3 Å². The van der Waals surface area contributed by atoms with Crippen molar-refractivity contribution >= 4 is 17.0 Å². The minimum Gasteiger partial charge on any atom is -0.371 e. The lowest BCUT2D eigenvalue weighted by atomic mass is 10.3. The van der Waals surface area contributed by atoms with Crippen LogP contribution >= 0.6 is 11.3 Å². The maximum Gasteiger partial charge on any atom is 0.0477 e. The van der Waals surface area contributed by atoms with Crippen molar-refractivity contribution in [3.05, 3.63) is 16.3 Å². The van der Waals surface area contributed by atoms with E-state index in [1.165, 1.54) is 42.9 Å². The van der Waals surface area contributed by atoms with Gasteiger partial charge in [-0.1, -0.05) is 6.92 Å². The van der Waals surface area contributed by atoms with Crippen molar-refractivity contribution in [2.24, 2.45) is 0 Å². The van der Waals surface area contributed by atoms with Crippen molar-refractivity contribution in [1.29, 1.82) is 0 Å². The highest BCUT2D eigenvalue weighted by atomic mass is 32.1. The van der Waals surface area contributed by atoms with E-state index in [0.717, 1.165) is 0 Å². The number of thiophene rings is 1. The van der Waals surface area contributed by atoms with Gasteiger partial charge in [-0.2, -0.15) is 0 Å². The van der Waals surface area contributed by atoms with Gasteiger partial charge in [0.1, 0.15) is 0 Å².